The van der Waals surface area contributed by atoms with Gasteiger partial charge < -0.3 is 9.73 Å². The summed E-state index contributed by atoms with van der Waals surface area (Å²) in [7, 11) is 0. The van der Waals surface area contributed by atoms with Gasteiger partial charge in [-0.15, -0.1) is 0 Å². The summed E-state index contributed by atoms with van der Waals surface area (Å²) in [5.74, 6) is 0.861. The van der Waals surface area contributed by atoms with Crippen molar-refractivity contribution >= 4 is 17.0 Å². The summed E-state index contributed by atoms with van der Waals surface area (Å²) >= 11 is 0. The third kappa shape index (κ3) is 3.65. The average molecular weight is 322 g/mol. The molecule has 4 nitrogen and oxygen atoms in total. The number of nitrogens with one attached hydrogen (secondary N) is 1. The normalized spacial score (nSPS) is 12.5. The predicted molar refractivity (Wildman–Crippen MR) is 94.9 cm³/mol. The molecule has 1 aromatic heterocycles. The van der Waals surface area contributed by atoms with Crippen molar-refractivity contribution in [2.75, 3.05) is 0 Å². The number of aryl methyl sites for hydroxylation is 1. The average Bonchev–Trinajstić information content (AvgIpc) is 2.97. The van der Waals surface area contributed by atoms with Crippen LogP contribution in [0, 0.1) is 12.8 Å². The maximum absolute atomic E-state index is 12.6. The molecule has 0 radical (unpaired) electrons. The van der Waals surface area contributed by atoms with Gasteiger partial charge in [-0.3, -0.25) is 4.79 Å². The number of hydrogen-bond acceptors (Lipinski definition) is 3. The second kappa shape index (κ2) is 6.87. The van der Waals surface area contributed by atoms with Crippen LogP contribution in [0.25, 0.3) is 11.1 Å². The van der Waals surface area contributed by atoms with Crippen LogP contribution in [-0.2, 0) is 0 Å². The fourth-order valence-corrected chi connectivity index (χ4v) is 2.76. The first kappa shape index (κ1) is 16.2. The third-order valence-corrected chi connectivity index (χ3v) is 3.90. The Morgan fingerprint density at radius 1 is 1.17 bits per heavy atom. The Labute approximate surface area is 141 Å². The highest BCUT2D eigenvalue weighted by atomic mass is 16.3. The highest BCUT2D eigenvalue weighted by Crippen LogP contribution is 2.25. The molecule has 0 bridgehead atoms. The summed E-state index contributed by atoms with van der Waals surface area (Å²) in [6, 6.07) is 15.0. The van der Waals surface area contributed by atoms with E-state index < -0.39 is 0 Å². The maximum atomic E-state index is 12.6. The van der Waals surface area contributed by atoms with Crippen LogP contribution in [0.2, 0.25) is 0 Å². The van der Waals surface area contributed by atoms with Crippen molar-refractivity contribution < 1.29 is 9.21 Å². The lowest BCUT2D eigenvalue weighted by Gasteiger charge is -2.17. The molecule has 1 atom stereocenters. The first-order chi connectivity index (χ1) is 11.5. The van der Waals surface area contributed by atoms with E-state index in [1.165, 1.54) is 0 Å². The standard InChI is InChI=1S/C20H22N2O2/c1-13(2)11-17(20-22-16-9-4-5-10-18(16)24-20)21-19(23)15-8-6-7-14(3)12-15/h4-10,12-13,17H,11H2,1-3H3,(H,21,23)/t17-/m0/s1. The number of carbonyl (C=O) groups excluding carboxylic acids is 1. The van der Waals surface area contributed by atoms with Crippen LogP contribution in [0.15, 0.2) is 52.9 Å². The van der Waals surface area contributed by atoms with Crippen LogP contribution < -0.4 is 5.32 Å². The molecule has 3 rings (SSSR count). The van der Waals surface area contributed by atoms with Crippen molar-refractivity contribution in [3.8, 4) is 0 Å². The zero-order valence-electron chi connectivity index (χ0n) is 14.2. The van der Waals surface area contributed by atoms with Crippen LogP contribution in [0.1, 0.15) is 48.1 Å². The van der Waals surface area contributed by atoms with E-state index in [4.69, 9.17) is 4.42 Å². The number of oxazole rings is 1. The van der Waals surface area contributed by atoms with E-state index in [1.807, 2.05) is 55.5 Å². The molecular formula is C20H22N2O2. The minimum atomic E-state index is -0.245. The summed E-state index contributed by atoms with van der Waals surface area (Å²) in [6.07, 6.45) is 0.768. The van der Waals surface area contributed by atoms with E-state index in [0.717, 1.165) is 23.1 Å². The molecule has 124 valence electrons. The Bertz CT molecular complexity index is 818. The summed E-state index contributed by atoms with van der Waals surface area (Å²) in [5.41, 5.74) is 3.27. The summed E-state index contributed by atoms with van der Waals surface area (Å²) < 4.78 is 5.87. The number of rotatable bonds is 5. The first-order valence-electron chi connectivity index (χ1n) is 8.26. The second-order valence-electron chi connectivity index (χ2n) is 6.54. The van der Waals surface area contributed by atoms with Crippen LogP contribution in [0.4, 0.5) is 0 Å². The molecule has 1 amide bonds. The van der Waals surface area contributed by atoms with Crippen LogP contribution in [0.3, 0.4) is 0 Å². The third-order valence-electron chi connectivity index (χ3n) is 3.90. The van der Waals surface area contributed by atoms with Gasteiger partial charge in [-0.1, -0.05) is 43.7 Å². The van der Waals surface area contributed by atoms with Gasteiger partial charge in [0.2, 0.25) is 5.89 Å². The number of para-hydroxylation sites is 2. The SMILES string of the molecule is Cc1cccc(C(=O)N[C@@H](CC(C)C)c2nc3ccccc3o2)c1. The molecule has 1 N–H and O–H groups in total. The Morgan fingerprint density at radius 2 is 1.96 bits per heavy atom. The van der Waals surface area contributed by atoms with E-state index in [-0.39, 0.29) is 11.9 Å². The van der Waals surface area contributed by atoms with Crippen molar-refractivity contribution in [3.63, 3.8) is 0 Å². The Morgan fingerprint density at radius 3 is 2.67 bits per heavy atom. The van der Waals surface area contributed by atoms with E-state index in [2.05, 4.69) is 24.1 Å². The van der Waals surface area contributed by atoms with Gasteiger partial charge >= 0.3 is 0 Å². The molecule has 0 aliphatic heterocycles. The number of fused-ring (bicyclic) bond motifs is 1. The van der Waals surface area contributed by atoms with Crippen molar-refractivity contribution in [3.05, 3.63) is 65.5 Å². The predicted octanol–water partition coefficient (Wildman–Crippen LogP) is 4.65. The molecule has 1 heterocycles. The van der Waals surface area contributed by atoms with E-state index in [9.17, 15) is 4.79 Å². The molecule has 0 saturated heterocycles. The van der Waals surface area contributed by atoms with Gasteiger partial charge in [0.05, 0.1) is 0 Å². The van der Waals surface area contributed by atoms with Gasteiger partial charge in [0.1, 0.15) is 11.6 Å². The zero-order valence-corrected chi connectivity index (χ0v) is 14.2. The minimum Gasteiger partial charge on any atom is -0.438 e. The molecular weight excluding hydrogens is 300 g/mol. The summed E-state index contributed by atoms with van der Waals surface area (Å²) in [4.78, 5) is 17.1. The molecule has 0 spiro atoms. The van der Waals surface area contributed by atoms with Crippen molar-refractivity contribution in [1.29, 1.82) is 0 Å². The molecule has 2 aromatic carbocycles. The Kier molecular flexibility index (Phi) is 4.65. The lowest BCUT2D eigenvalue weighted by molar-refractivity contribution is 0.0925. The molecule has 0 fully saturated rings. The first-order valence-corrected chi connectivity index (χ1v) is 8.26. The highest BCUT2D eigenvalue weighted by Gasteiger charge is 2.22. The molecule has 24 heavy (non-hydrogen) atoms. The summed E-state index contributed by atoms with van der Waals surface area (Å²) in [6.45, 7) is 6.21. The zero-order chi connectivity index (χ0) is 17.1. The van der Waals surface area contributed by atoms with Crippen molar-refractivity contribution in [2.45, 2.75) is 33.2 Å². The van der Waals surface area contributed by atoms with Crippen molar-refractivity contribution in [1.82, 2.24) is 10.3 Å². The largest absolute Gasteiger partial charge is 0.438 e. The van der Waals surface area contributed by atoms with Gasteiger partial charge in [-0.05, 0) is 43.5 Å². The van der Waals surface area contributed by atoms with E-state index in [1.54, 1.807) is 0 Å². The van der Waals surface area contributed by atoms with Gasteiger partial charge in [0, 0.05) is 5.56 Å². The van der Waals surface area contributed by atoms with Crippen LogP contribution >= 0.6 is 0 Å². The molecule has 0 unspecified atom stereocenters. The maximum Gasteiger partial charge on any atom is 0.251 e. The monoisotopic (exact) mass is 322 g/mol. The topological polar surface area (TPSA) is 55.1 Å². The lowest BCUT2D eigenvalue weighted by atomic mass is 10.0. The fourth-order valence-electron chi connectivity index (χ4n) is 2.76. The van der Waals surface area contributed by atoms with Crippen molar-refractivity contribution in [2.24, 2.45) is 5.92 Å². The van der Waals surface area contributed by atoms with Gasteiger partial charge in [-0.2, -0.15) is 0 Å². The minimum absolute atomic E-state index is 0.105. The molecule has 0 aliphatic carbocycles. The number of benzene rings is 2. The Balaban J connectivity index is 1.87. The van der Waals surface area contributed by atoms with Crippen LogP contribution in [0.5, 0.6) is 0 Å². The molecule has 4 heteroatoms. The summed E-state index contributed by atoms with van der Waals surface area (Å²) in [5, 5.41) is 3.07. The van der Waals surface area contributed by atoms with Crippen LogP contribution in [-0.4, -0.2) is 10.9 Å². The fraction of sp³-hybridized carbons (Fsp3) is 0.300. The number of nitrogens with zero attached hydrogens (tertiary/aromatic N) is 1. The number of amides is 1. The quantitative estimate of drug-likeness (QED) is 0.743. The van der Waals surface area contributed by atoms with Gasteiger partial charge in [0.25, 0.3) is 5.91 Å². The van der Waals surface area contributed by atoms with E-state index in [0.29, 0.717) is 17.4 Å². The number of aromatic nitrogens is 1. The Hall–Kier alpha value is -2.62. The lowest BCUT2D eigenvalue weighted by Crippen LogP contribution is -2.29. The van der Waals surface area contributed by atoms with Gasteiger partial charge in [0.15, 0.2) is 5.58 Å². The molecule has 0 aliphatic rings. The highest BCUT2D eigenvalue weighted by molar-refractivity contribution is 5.94. The van der Waals surface area contributed by atoms with E-state index >= 15 is 0 Å². The van der Waals surface area contributed by atoms with Gasteiger partial charge in [-0.25, -0.2) is 4.98 Å². The second-order valence-corrected chi connectivity index (χ2v) is 6.54. The number of hydrogen-bond donors (Lipinski definition) is 1. The number of carbonyl (C=O) groups is 1. The molecule has 3 aromatic rings. The smallest absolute Gasteiger partial charge is 0.251 e. The molecule has 0 saturated carbocycles.